The van der Waals surface area contributed by atoms with Crippen LogP contribution in [0.1, 0.15) is 16.8 Å². The number of benzene rings is 1. The summed E-state index contributed by atoms with van der Waals surface area (Å²) in [7, 11) is 1.78. The molecule has 0 aliphatic carbocycles. The first kappa shape index (κ1) is 13.8. The predicted octanol–water partition coefficient (Wildman–Crippen LogP) is 3.12. The van der Waals surface area contributed by atoms with Crippen LogP contribution in [0.15, 0.2) is 18.2 Å². The van der Waals surface area contributed by atoms with Crippen molar-refractivity contribution in [2.75, 3.05) is 0 Å². The van der Waals surface area contributed by atoms with Gasteiger partial charge in [-0.25, -0.2) is 4.68 Å². The Morgan fingerprint density at radius 3 is 2.68 bits per heavy atom. The van der Waals surface area contributed by atoms with E-state index in [-0.39, 0.29) is 4.99 Å². The van der Waals surface area contributed by atoms with Crippen LogP contribution in [0.25, 0.3) is 0 Å². The third kappa shape index (κ3) is 2.72. The molecule has 0 spiro atoms. The van der Waals surface area contributed by atoms with Gasteiger partial charge in [0.15, 0.2) is 0 Å². The van der Waals surface area contributed by atoms with Gasteiger partial charge in [0, 0.05) is 12.1 Å². The zero-order valence-electron chi connectivity index (χ0n) is 10.9. The van der Waals surface area contributed by atoms with E-state index in [0.717, 1.165) is 11.3 Å². The second-order valence-electron chi connectivity index (χ2n) is 4.27. The summed E-state index contributed by atoms with van der Waals surface area (Å²) >= 11 is 11.0. The molecule has 2 aromatic rings. The van der Waals surface area contributed by atoms with Gasteiger partial charge in [-0.1, -0.05) is 23.8 Å². The van der Waals surface area contributed by atoms with Gasteiger partial charge >= 0.3 is 0 Å². The second kappa shape index (κ2) is 5.19. The first-order valence-corrected chi connectivity index (χ1v) is 6.46. The summed E-state index contributed by atoms with van der Waals surface area (Å²) in [5.74, 6) is 1.20. The van der Waals surface area contributed by atoms with E-state index in [1.54, 1.807) is 23.9 Å². The Balaban J connectivity index is 2.43. The van der Waals surface area contributed by atoms with Crippen molar-refractivity contribution in [3.63, 3.8) is 0 Å². The van der Waals surface area contributed by atoms with Gasteiger partial charge in [-0.15, -0.1) is 0 Å². The van der Waals surface area contributed by atoms with Gasteiger partial charge in [0.1, 0.15) is 10.7 Å². The van der Waals surface area contributed by atoms with Crippen molar-refractivity contribution in [1.29, 1.82) is 0 Å². The SMILES string of the molecule is Cc1cc(Oc2c(C(N)=S)c(C)nn2C)ccc1Cl. The number of aryl methyl sites for hydroxylation is 3. The Bertz CT molecular complexity index is 652. The number of ether oxygens (including phenoxy) is 1. The lowest BCUT2D eigenvalue weighted by atomic mass is 10.2. The first-order valence-electron chi connectivity index (χ1n) is 5.67. The van der Waals surface area contributed by atoms with E-state index in [4.69, 9.17) is 34.3 Å². The summed E-state index contributed by atoms with van der Waals surface area (Å²) in [6.45, 7) is 3.76. The van der Waals surface area contributed by atoms with Crippen LogP contribution in [0.5, 0.6) is 11.6 Å². The van der Waals surface area contributed by atoms with Crippen LogP contribution in [-0.4, -0.2) is 14.8 Å². The third-order valence-electron chi connectivity index (χ3n) is 2.76. The van der Waals surface area contributed by atoms with Gasteiger partial charge in [0.25, 0.3) is 0 Å². The van der Waals surface area contributed by atoms with Crippen molar-refractivity contribution in [3.05, 3.63) is 40.0 Å². The molecule has 100 valence electrons. The molecule has 0 saturated heterocycles. The van der Waals surface area contributed by atoms with Crippen LogP contribution in [0.2, 0.25) is 5.02 Å². The topological polar surface area (TPSA) is 53.1 Å². The number of nitrogens with two attached hydrogens (primary N) is 1. The van der Waals surface area contributed by atoms with Gasteiger partial charge < -0.3 is 10.5 Å². The molecule has 0 atom stereocenters. The zero-order chi connectivity index (χ0) is 14.2. The van der Waals surface area contributed by atoms with Gasteiger partial charge in [-0.3, -0.25) is 0 Å². The number of thiocarbonyl (C=S) groups is 1. The average Bonchev–Trinajstić information content (AvgIpc) is 2.59. The number of rotatable bonds is 3. The Labute approximate surface area is 122 Å². The lowest BCUT2D eigenvalue weighted by Gasteiger charge is -2.09. The number of nitrogens with zero attached hydrogens (tertiary/aromatic N) is 2. The summed E-state index contributed by atoms with van der Waals surface area (Å²) in [5.41, 5.74) is 8.06. The monoisotopic (exact) mass is 295 g/mol. The quantitative estimate of drug-likeness (QED) is 0.884. The van der Waals surface area contributed by atoms with Crippen molar-refractivity contribution in [1.82, 2.24) is 9.78 Å². The number of aromatic nitrogens is 2. The molecule has 0 fully saturated rings. The molecule has 4 nitrogen and oxygen atoms in total. The Morgan fingerprint density at radius 2 is 2.11 bits per heavy atom. The van der Waals surface area contributed by atoms with E-state index in [2.05, 4.69) is 5.10 Å². The highest BCUT2D eigenvalue weighted by Gasteiger charge is 2.17. The summed E-state index contributed by atoms with van der Waals surface area (Å²) in [6.07, 6.45) is 0. The maximum atomic E-state index is 5.99. The summed E-state index contributed by atoms with van der Waals surface area (Å²) in [6, 6.07) is 5.44. The maximum Gasteiger partial charge on any atom is 0.228 e. The van der Waals surface area contributed by atoms with Gasteiger partial charge in [0.05, 0.1) is 11.3 Å². The van der Waals surface area contributed by atoms with Crippen molar-refractivity contribution in [2.45, 2.75) is 13.8 Å². The molecule has 0 aliphatic rings. The molecule has 1 aromatic carbocycles. The molecule has 2 N–H and O–H groups in total. The minimum atomic E-state index is 0.270. The molecule has 0 saturated carbocycles. The third-order valence-corrected chi connectivity index (χ3v) is 3.39. The lowest BCUT2D eigenvalue weighted by Crippen LogP contribution is -2.11. The van der Waals surface area contributed by atoms with Gasteiger partial charge in [-0.05, 0) is 37.6 Å². The van der Waals surface area contributed by atoms with Crippen LogP contribution in [0.3, 0.4) is 0 Å². The highest BCUT2D eigenvalue weighted by molar-refractivity contribution is 7.80. The standard InChI is InChI=1S/C13H14ClN3OS/c1-7-6-9(4-5-10(7)14)18-13-11(12(15)19)8(2)16-17(13)3/h4-6H,1-3H3,(H2,15,19). The van der Waals surface area contributed by atoms with Crippen molar-refractivity contribution in [3.8, 4) is 11.6 Å². The number of hydrogen-bond acceptors (Lipinski definition) is 3. The molecule has 0 radical (unpaired) electrons. The molecule has 1 aromatic heterocycles. The fraction of sp³-hybridized carbons (Fsp3) is 0.231. The van der Waals surface area contributed by atoms with E-state index in [1.165, 1.54) is 0 Å². The molecule has 0 unspecified atom stereocenters. The molecule has 6 heteroatoms. The Kier molecular flexibility index (Phi) is 3.78. The minimum Gasteiger partial charge on any atom is -0.439 e. The van der Waals surface area contributed by atoms with Gasteiger partial charge in [-0.2, -0.15) is 5.10 Å². The van der Waals surface area contributed by atoms with Crippen molar-refractivity contribution < 1.29 is 4.74 Å². The van der Waals surface area contributed by atoms with Crippen LogP contribution in [-0.2, 0) is 7.05 Å². The Morgan fingerprint density at radius 1 is 1.42 bits per heavy atom. The summed E-state index contributed by atoms with van der Waals surface area (Å²) in [4.78, 5) is 0.270. The molecular formula is C13H14ClN3OS. The van der Waals surface area contributed by atoms with Crippen LogP contribution in [0, 0.1) is 13.8 Å². The molecule has 0 aliphatic heterocycles. The first-order chi connectivity index (χ1) is 8.90. The fourth-order valence-corrected chi connectivity index (χ4v) is 2.18. The predicted molar refractivity (Wildman–Crippen MR) is 80.1 cm³/mol. The highest BCUT2D eigenvalue weighted by Crippen LogP contribution is 2.29. The maximum absolute atomic E-state index is 5.99. The average molecular weight is 296 g/mol. The molecular weight excluding hydrogens is 282 g/mol. The van der Waals surface area contributed by atoms with Crippen molar-refractivity contribution in [2.24, 2.45) is 12.8 Å². The van der Waals surface area contributed by atoms with E-state index >= 15 is 0 Å². The van der Waals surface area contributed by atoms with Crippen LogP contribution < -0.4 is 10.5 Å². The molecule has 1 heterocycles. The van der Waals surface area contributed by atoms with Crippen LogP contribution in [0.4, 0.5) is 0 Å². The minimum absolute atomic E-state index is 0.270. The van der Waals surface area contributed by atoms with Crippen LogP contribution >= 0.6 is 23.8 Å². The van der Waals surface area contributed by atoms with Gasteiger partial charge in [0.2, 0.25) is 5.88 Å². The Hall–Kier alpha value is -1.59. The second-order valence-corrected chi connectivity index (χ2v) is 5.11. The highest BCUT2D eigenvalue weighted by atomic mass is 35.5. The van der Waals surface area contributed by atoms with Crippen molar-refractivity contribution >= 4 is 28.8 Å². The fourth-order valence-electron chi connectivity index (χ4n) is 1.83. The number of hydrogen-bond donors (Lipinski definition) is 1. The molecule has 0 amide bonds. The molecule has 0 bridgehead atoms. The van der Waals surface area contributed by atoms with E-state index in [9.17, 15) is 0 Å². The molecule has 2 rings (SSSR count). The lowest BCUT2D eigenvalue weighted by molar-refractivity contribution is 0.429. The summed E-state index contributed by atoms with van der Waals surface area (Å²) in [5, 5.41) is 4.96. The normalized spacial score (nSPS) is 10.5. The smallest absolute Gasteiger partial charge is 0.228 e. The largest absolute Gasteiger partial charge is 0.439 e. The summed E-state index contributed by atoms with van der Waals surface area (Å²) < 4.78 is 7.45. The number of halogens is 1. The van der Waals surface area contributed by atoms with E-state index in [1.807, 2.05) is 19.9 Å². The zero-order valence-corrected chi connectivity index (χ0v) is 12.5. The van der Waals surface area contributed by atoms with E-state index in [0.29, 0.717) is 22.2 Å². The molecule has 19 heavy (non-hydrogen) atoms. The van der Waals surface area contributed by atoms with E-state index < -0.39 is 0 Å².